The van der Waals surface area contributed by atoms with Crippen molar-refractivity contribution in [1.82, 2.24) is 0 Å². The molecule has 0 rings (SSSR count). The van der Waals surface area contributed by atoms with Crippen LogP contribution in [0, 0.1) is 0 Å². The number of hydrogen-bond donors (Lipinski definition) is 2. The maximum atomic E-state index is 5.28. The number of nitrogens with two attached hydrogens (primary N) is 2. The molecule has 0 fully saturated rings. The highest BCUT2D eigenvalue weighted by Gasteiger charge is 1.85. The molecule has 0 radical (unpaired) electrons. The van der Waals surface area contributed by atoms with Gasteiger partial charge in [0, 0.05) is 0 Å². The van der Waals surface area contributed by atoms with E-state index in [4.69, 9.17) is 11.5 Å². The van der Waals surface area contributed by atoms with Crippen molar-refractivity contribution in [3.8, 4) is 0 Å². The molecule has 0 atom stereocenters. The number of rotatable bonds is 3. The lowest BCUT2D eigenvalue weighted by Gasteiger charge is -1.96. The minimum absolute atomic E-state index is 0.236. The fourth-order valence-electron chi connectivity index (χ4n) is 0.426. The summed E-state index contributed by atoms with van der Waals surface area (Å²) in [4.78, 5) is 0. The second-order valence-electron chi connectivity index (χ2n) is 2.15. The summed E-state index contributed by atoms with van der Waals surface area (Å²) in [6, 6.07) is 0. The molecule has 0 bridgehead atoms. The van der Waals surface area contributed by atoms with Crippen LogP contribution in [0.1, 0.15) is 13.3 Å². The largest absolute Gasteiger partial charge is 0.316 e. The minimum atomic E-state index is -0.236. The van der Waals surface area contributed by atoms with Crippen LogP contribution in [0.2, 0.25) is 0 Å². The molecule has 2 nitrogen and oxygen atoms in total. The SMILES string of the molecule is C=C(C)/C=C\CC(N)N. The molecule has 52 valence electrons. The molecule has 0 aliphatic carbocycles. The predicted octanol–water partition coefficient (Wildman–Crippen LogP) is 0.752. The molecule has 0 aliphatic rings. The van der Waals surface area contributed by atoms with Crippen LogP contribution in [0.5, 0.6) is 0 Å². The molecule has 0 aromatic rings. The van der Waals surface area contributed by atoms with E-state index in [9.17, 15) is 0 Å². The van der Waals surface area contributed by atoms with Gasteiger partial charge in [0.15, 0.2) is 0 Å². The van der Waals surface area contributed by atoms with Crippen LogP contribution in [0.25, 0.3) is 0 Å². The third-order valence-electron chi connectivity index (χ3n) is 0.811. The van der Waals surface area contributed by atoms with Gasteiger partial charge in [-0.25, -0.2) is 0 Å². The van der Waals surface area contributed by atoms with Crippen LogP contribution < -0.4 is 11.5 Å². The molecule has 9 heavy (non-hydrogen) atoms. The Hall–Kier alpha value is -0.600. The zero-order valence-corrected chi connectivity index (χ0v) is 5.80. The van der Waals surface area contributed by atoms with Gasteiger partial charge in [0.2, 0.25) is 0 Å². The van der Waals surface area contributed by atoms with Gasteiger partial charge >= 0.3 is 0 Å². The van der Waals surface area contributed by atoms with Gasteiger partial charge in [0.1, 0.15) is 0 Å². The Morgan fingerprint density at radius 3 is 2.56 bits per heavy atom. The Labute approximate surface area is 56.2 Å². The van der Waals surface area contributed by atoms with Crippen molar-refractivity contribution in [1.29, 1.82) is 0 Å². The maximum Gasteiger partial charge on any atom is 0.0556 e. The predicted molar refractivity (Wildman–Crippen MR) is 40.7 cm³/mol. The van der Waals surface area contributed by atoms with Gasteiger partial charge in [0.05, 0.1) is 6.17 Å². The van der Waals surface area contributed by atoms with Crippen molar-refractivity contribution in [2.75, 3.05) is 0 Å². The molecule has 0 amide bonds. The minimum Gasteiger partial charge on any atom is -0.316 e. The van der Waals surface area contributed by atoms with Crippen LogP contribution >= 0.6 is 0 Å². The fraction of sp³-hybridized carbons (Fsp3) is 0.429. The molecule has 0 unspecified atom stereocenters. The van der Waals surface area contributed by atoms with Crippen molar-refractivity contribution >= 4 is 0 Å². The normalized spacial score (nSPS) is 11.1. The van der Waals surface area contributed by atoms with E-state index < -0.39 is 0 Å². The summed E-state index contributed by atoms with van der Waals surface area (Å²) < 4.78 is 0. The van der Waals surface area contributed by atoms with E-state index in [1.807, 2.05) is 19.1 Å². The van der Waals surface area contributed by atoms with Crippen molar-refractivity contribution < 1.29 is 0 Å². The zero-order chi connectivity index (χ0) is 7.28. The summed E-state index contributed by atoms with van der Waals surface area (Å²) in [7, 11) is 0. The van der Waals surface area contributed by atoms with Gasteiger partial charge in [0.25, 0.3) is 0 Å². The van der Waals surface area contributed by atoms with E-state index >= 15 is 0 Å². The van der Waals surface area contributed by atoms with E-state index in [0.29, 0.717) is 6.42 Å². The number of allylic oxidation sites excluding steroid dienone is 2. The quantitative estimate of drug-likeness (QED) is 0.433. The van der Waals surface area contributed by atoms with Gasteiger partial charge in [-0.3, -0.25) is 0 Å². The van der Waals surface area contributed by atoms with Gasteiger partial charge in [-0.15, -0.1) is 0 Å². The average molecular weight is 126 g/mol. The molecule has 0 saturated carbocycles. The molecular formula is C7H14N2. The highest BCUT2D eigenvalue weighted by molar-refractivity contribution is 5.10. The van der Waals surface area contributed by atoms with Gasteiger partial charge in [-0.1, -0.05) is 24.3 Å². The van der Waals surface area contributed by atoms with E-state index in [1.165, 1.54) is 0 Å². The molecule has 4 N–H and O–H groups in total. The van der Waals surface area contributed by atoms with E-state index in [0.717, 1.165) is 5.57 Å². The molecule has 0 aromatic heterocycles. The van der Waals surface area contributed by atoms with Gasteiger partial charge in [-0.05, 0) is 13.3 Å². The molecule has 2 heteroatoms. The average Bonchev–Trinajstić information content (AvgIpc) is 1.63. The lowest BCUT2D eigenvalue weighted by molar-refractivity contribution is 0.720. The summed E-state index contributed by atoms with van der Waals surface area (Å²) in [6.45, 7) is 5.61. The van der Waals surface area contributed by atoms with Crippen molar-refractivity contribution in [3.63, 3.8) is 0 Å². The van der Waals surface area contributed by atoms with Crippen molar-refractivity contribution in [2.24, 2.45) is 11.5 Å². The smallest absolute Gasteiger partial charge is 0.0556 e. The maximum absolute atomic E-state index is 5.28. The second-order valence-corrected chi connectivity index (χ2v) is 2.15. The van der Waals surface area contributed by atoms with E-state index in [2.05, 4.69) is 6.58 Å². The summed E-state index contributed by atoms with van der Waals surface area (Å²) in [6.07, 6.45) is 4.31. The third-order valence-corrected chi connectivity index (χ3v) is 0.811. The first kappa shape index (κ1) is 8.40. The lowest BCUT2D eigenvalue weighted by Crippen LogP contribution is -2.29. The Balaban J connectivity index is 3.36. The molecule has 0 aromatic carbocycles. The first-order chi connectivity index (χ1) is 4.13. The topological polar surface area (TPSA) is 52.0 Å². The summed E-state index contributed by atoms with van der Waals surface area (Å²) in [5, 5.41) is 0. The summed E-state index contributed by atoms with van der Waals surface area (Å²) >= 11 is 0. The third kappa shape index (κ3) is 7.40. The van der Waals surface area contributed by atoms with Crippen molar-refractivity contribution in [3.05, 3.63) is 24.3 Å². The first-order valence-corrected chi connectivity index (χ1v) is 2.96. The highest BCUT2D eigenvalue weighted by Crippen LogP contribution is 1.91. The fourth-order valence-corrected chi connectivity index (χ4v) is 0.426. The standard InChI is InChI=1S/C7H14N2/c1-6(2)4-3-5-7(8)9/h3-4,7H,1,5,8-9H2,2H3/b4-3-. The number of hydrogen-bond acceptors (Lipinski definition) is 2. The molecular weight excluding hydrogens is 112 g/mol. The van der Waals surface area contributed by atoms with Crippen molar-refractivity contribution in [2.45, 2.75) is 19.5 Å². The van der Waals surface area contributed by atoms with Crippen LogP contribution in [0.15, 0.2) is 24.3 Å². The van der Waals surface area contributed by atoms with Crippen LogP contribution in [0.3, 0.4) is 0 Å². The molecule has 0 heterocycles. The molecule has 0 spiro atoms. The Morgan fingerprint density at radius 2 is 2.22 bits per heavy atom. The first-order valence-electron chi connectivity index (χ1n) is 2.96. The monoisotopic (exact) mass is 126 g/mol. The van der Waals surface area contributed by atoms with Gasteiger partial charge < -0.3 is 11.5 Å². The van der Waals surface area contributed by atoms with Crippen LogP contribution in [-0.4, -0.2) is 6.17 Å². The van der Waals surface area contributed by atoms with Crippen LogP contribution in [0.4, 0.5) is 0 Å². The highest BCUT2D eigenvalue weighted by atomic mass is 14.8. The Bertz CT molecular complexity index is 114. The lowest BCUT2D eigenvalue weighted by atomic mass is 10.2. The molecule has 0 aliphatic heterocycles. The zero-order valence-electron chi connectivity index (χ0n) is 5.80. The Kier molecular flexibility index (Phi) is 4.01. The summed E-state index contributed by atoms with van der Waals surface area (Å²) in [5.41, 5.74) is 11.6. The second kappa shape index (κ2) is 4.30. The van der Waals surface area contributed by atoms with Crippen LogP contribution in [-0.2, 0) is 0 Å². The Morgan fingerprint density at radius 1 is 1.67 bits per heavy atom. The summed E-state index contributed by atoms with van der Waals surface area (Å²) in [5.74, 6) is 0. The van der Waals surface area contributed by atoms with E-state index in [1.54, 1.807) is 0 Å². The van der Waals surface area contributed by atoms with E-state index in [-0.39, 0.29) is 6.17 Å². The molecule has 0 saturated heterocycles. The van der Waals surface area contributed by atoms with Gasteiger partial charge in [-0.2, -0.15) is 0 Å².